The standard InChI is InChI=1S/C16H23NO2S/c1-12(14(11-18)20-2)17-15(19)16(9-6-10-16)13-7-4-3-5-8-13/h3-5,7-8,12,14,18H,6,9-11H2,1-2H3,(H,17,19). The summed E-state index contributed by atoms with van der Waals surface area (Å²) in [6.45, 7) is 2.05. The smallest absolute Gasteiger partial charge is 0.230 e. The maximum absolute atomic E-state index is 12.7. The molecule has 1 saturated carbocycles. The Morgan fingerprint density at radius 1 is 1.40 bits per heavy atom. The van der Waals surface area contributed by atoms with Crippen molar-refractivity contribution in [2.45, 2.75) is 42.9 Å². The normalized spacial score (nSPS) is 19.8. The number of amides is 1. The Morgan fingerprint density at radius 3 is 2.50 bits per heavy atom. The average Bonchev–Trinajstić information content (AvgIpc) is 2.40. The molecule has 0 spiro atoms. The Hall–Kier alpha value is -1.00. The average molecular weight is 293 g/mol. The van der Waals surface area contributed by atoms with Crippen molar-refractivity contribution in [2.75, 3.05) is 12.9 Å². The third-order valence-corrected chi connectivity index (χ3v) is 5.53. The Labute approximate surface area is 125 Å². The maximum Gasteiger partial charge on any atom is 0.230 e. The molecule has 0 aromatic heterocycles. The lowest BCUT2D eigenvalue weighted by atomic mass is 9.63. The van der Waals surface area contributed by atoms with E-state index in [9.17, 15) is 9.90 Å². The van der Waals surface area contributed by atoms with E-state index in [0.717, 1.165) is 24.8 Å². The van der Waals surface area contributed by atoms with Crippen LogP contribution in [0, 0.1) is 0 Å². The zero-order chi connectivity index (χ0) is 14.6. The molecule has 4 heteroatoms. The van der Waals surface area contributed by atoms with E-state index >= 15 is 0 Å². The van der Waals surface area contributed by atoms with Crippen molar-refractivity contribution in [2.24, 2.45) is 0 Å². The molecular formula is C16H23NO2S. The Morgan fingerprint density at radius 2 is 2.05 bits per heavy atom. The third kappa shape index (κ3) is 2.86. The second-order valence-electron chi connectivity index (χ2n) is 5.52. The lowest BCUT2D eigenvalue weighted by Crippen LogP contribution is -2.53. The molecule has 2 N–H and O–H groups in total. The van der Waals surface area contributed by atoms with Crippen LogP contribution in [0.25, 0.3) is 0 Å². The highest BCUT2D eigenvalue weighted by atomic mass is 32.2. The van der Waals surface area contributed by atoms with Crippen LogP contribution in [0.15, 0.2) is 30.3 Å². The molecule has 1 aliphatic carbocycles. The number of nitrogens with one attached hydrogen (secondary N) is 1. The highest BCUT2D eigenvalue weighted by molar-refractivity contribution is 7.99. The number of aliphatic hydroxyl groups is 1. The highest BCUT2D eigenvalue weighted by Gasteiger charge is 2.46. The molecule has 0 saturated heterocycles. The molecule has 3 nitrogen and oxygen atoms in total. The number of carbonyl (C=O) groups is 1. The number of rotatable bonds is 6. The topological polar surface area (TPSA) is 49.3 Å². The van der Waals surface area contributed by atoms with E-state index in [-0.39, 0.29) is 29.2 Å². The zero-order valence-corrected chi connectivity index (χ0v) is 13.0. The summed E-state index contributed by atoms with van der Waals surface area (Å²) >= 11 is 1.59. The quantitative estimate of drug-likeness (QED) is 0.846. The van der Waals surface area contributed by atoms with Crippen LogP contribution < -0.4 is 5.32 Å². The van der Waals surface area contributed by atoms with Crippen LogP contribution in [0.2, 0.25) is 0 Å². The first-order valence-corrected chi connectivity index (χ1v) is 8.43. The second-order valence-corrected chi connectivity index (χ2v) is 6.60. The molecule has 2 unspecified atom stereocenters. The first-order valence-electron chi connectivity index (χ1n) is 7.14. The fraction of sp³-hybridized carbons (Fsp3) is 0.562. The van der Waals surface area contributed by atoms with Gasteiger partial charge in [-0.15, -0.1) is 0 Å². The van der Waals surface area contributed by atoms with Gasteiger partial charge < -0.3 is 10.4 Å². The lowest BCUT2D eigenvalue weighted by molar-refractivity contribution is -0.130. The molecule has 1 aliphatic rings. The summed E-state index contributed by atoms with van der Waals surface area (Å²) in [5.41, 5.74) is 0.758. The van der Waals surface area contributed by atoms with Crippen LogP contribution in [0.3, 0.4) is 0 Å². The number of thioether (sulfide) groups is 1. The van der Waals surface area contributed by atoms with Gasteiger partial charge in [-0.1, -0.05) is 36.8 Å². The van der Waals surface area contributed by atoms with Crippen molar-refractivity contribution in [3.05, 3.63) is 35.9 Å². The van der Waals surface area contributed by atoms with Gasteiger partial charge in [0.25, 0.3) is 0 Å². The van der Waals surface area contributed by atoms with Crippen molar-refractivity contribution in [1.82, 2.24) is 5.32 Å². The Balaban J connectivity index is 2.11. The fourth-order valence-electron chi connectivity index (χ4n) is 2.81. The van der Waals surface area contributed by atoms with Gasteiger partial charge in [0.05, 0.1) is 12.0 Å². The predicted molar refractivity (Wildman–Crippen MR) is 84.0 cm³/mol. The van der Waals surface area contributed by atoms with Crippen LogP contribution >= 0.6 is 11.8 Å². The Kier molecular flexibility index (Phi) is 5.11. The van der Waals surface area contributed by atoms with Gasteiger partial charge in [0, 0.05) is 11.3 Å². The van der Waals surface area contributed by atoms with E-state index in [2.05, 4.69) is 5.32 Å². The molecule has 1 aromatic rings. The summed E-state index contributed by atoms with van der Waals surface area (Å²) in [4.78, 5) is 12.7. The SMILES string of the molecule is CSC(CO)C(C)NC(=O)C1(c2ccccc2)CCC1. The molecule has 0 aliphatic heterocycles. The minimum atomic E-state index is -0.353. The van der Waals surface area contributed by atoms with Crippen LogP contribution in [-0.2, 0) is 10.2 Å². The first-order chi connectivity index (χ1) is 9.64. The van der Waals surface area contributed by atoms with Crippen molar-refractivity contribution in [1.29, 1.82) is 0 Å². The lowest BCUT2D eigenvalue weighted by Gasteiger charge is -2.42. The van der Waals surface area contributed by atoms with Gasteiger partial charge >= 0.3 is 0 Å². The monoisotopic (exact) mass is 293 g/mol. The van der Waals surface area contributed by atoms with Crippen LogP contribution in [0.5, 0.6) is 0 Å². The number of benzene rings is 1. The van der Waals surface area contributed by atoms with Gasteiger partial charge in [0.1, 0.15) is 0 Å². The summed E-state index contributed by atoms with van der Waals surface area (Å²) in [6, 6.07) is 10.0. The largest absolute Gasteiger partial charge is 0.395 e. The molecule has 0 bridgehead atoms. The Bertz CT molecular complexity index is 441. The first kappa shape index (κ1) is 15.4. The summed E-state index contributed by atoms with van der Waals surface area (Å²) in [5.74, 6) is 0.106. The summed E-state index contributed by atoms with van der Waals surface area (Å²) in [7, 11) is 0. The number of hydrogen-bond acceptors (Lipinski definition) is 3. The van der Waals surface area contributed by atoms with Crippen molar-refractivity contribution < 1.29 is 9.90 Å². The number of carbonyl (C=O) groups excluding carboxylic acids is 1. The zero-order valence-electron chi connectivity index (χ0n) is 12.1. The van der Waals surface area contributed by atoms with Crippen molar-refractivity contribution >= 4 is 17.7 Å². The van der Waals surface area contributed by atoms with Crippen LogP contribution in [-0.4, -0.2) is 35.2 Å². The maximum atomic E-state index is 12.7. The minimum absolute atomic E-state index is 0.0244. The van der Waals surface area contributed by atoms with E-state index in [1.54, 1.807) is 11.8 Å². The molecular weight excluding hydrogens is 270 g/mol. The van der Waals surface area contributed by atoms with Gasteiger partial charge in [-0.05, 0) is 31.6 Å². The molecule has 2 atom stereocenters. The van der Waals surface area contributed by atoms with Crippen molar-refractivity contribution in [3.8, 4) is 0 Å². The minimum Gasteiger partial charge on any atom is -0.395 e. The van der Waals surface area contributed by atoms with Gasteiger partial charge in [-0.25, -0.2) is 0 Å². The number of aliphatic hydroxyl groups excluding tert-OH is 1. The fourth-order valence-corrected chi connectivity index (χ4v) is 3.43. The predicted octanol–water partition coefficient (Wildman–Crippen LogP) is 2.34. The van der Waals surface area contributed by atoms with E-state index in [4.69, 9.17) is 0 Å². The molecule has 0 heterocycles. The van der Waals surface area contributed by atoms with Gasteiger partial charge in [0.2, 0.25) is 5.91 Å². The summed E-state index contributed by atoms with van der Waals surface area (Å²) < 4.78 is 0. The molecule has 20 heavy (non-hydrogen) atoms. The molecule has 1 amide bonds. The summed E-state index contributed by atoms with van der Waals surface area (Å²) in [5, 5.41) is 12.5. The second kappa shape index (κ2) is 6.64. The summed E-state index contributed by atoms with van der Waals surface area (Å²) in [6.07, 6.45) is 4.89. The molecule has 110 valence electrons. The van der Waals surface area contributed by atoms with Gasteiger partial charge in [-0.3, -0.25) is 4.79 Å². The highest BCUT2D eigenvalue weighted by Crippen LogP contribution is 2.44. The molecule has 2 rings (SSSR count). The molecule has 1 fully saturated rings. The third-order valence-electron chi connectivity index (χ3n) is 4.37. The van der Waals surface area contributed by atoms with E-state index in [0.29, 0.717) is 0 Å². The van der Waals surface area contributed by atoms with E-state index in [1.807, 2.05) is 43.5 Å². The van der Waals surface area contributed by atoms with Crippen molar-refractivity contribution in [3.63, 3.8) is 0 Å². The molecule has 1 aromatic carbocycles. The molecule has 0 radical (unpaired) electrons. The van der Waals surface area contributed by atoms with Gasteiger partial charge in [0.15, 0.2) is 0 Å². The van der Waals surface area contributed by atoms with E-state index in [1.165, 1.54) is 0 Å². The van der Waals surface area contributed by atoms with E-state index < -0.39 is 0 Å². The van der Waals surface area contributed by atoms with Crippen LogP contribution in [0.1, 0.15) is 31.7 Å². The van der Waals surface area contributed by atoms with Crippen LogP contribution in [0.4, 0.5) is 0 Å². The van der Waals surface area contributed by atoms with Gasteiger partial charge in [-0.2, -0.15) is 11.8 Å². The number of hydrogen-bond donors (Lipinski definition) is 2.